The maximum absolute atomic E-state index is 6.23. The molecule has 1 fully saturated rings. The Kier molecular flexibility index (Phi) is 3.83. The van der Waals surface area contributed by atoms with E-state index in [1.165, 1.54) is 19.3 Å². The molecule has 1 aromatic rings. The van der Waals surface area contributed by atoms with Gasteiger partial charge in [-0.1, -0.05) is 6.42 Å². The van der Waals surface area contributed by atoms with E-state index in [1.807, 2.05) is 6.92 Å². The van der Waals surface area contributed by atoms with Crippen LogP contribution in [0.4, 0.5) is 11.5 Å². The molecule has 0 radical (unpaired) electrons. The third-order valence-corrected chi connectivity index (χ3v) is 3.98. The van der Waals surface area contributed by atoms with Gasteiger partial charge in [-0.25, -0.2) is 4.68 Å². The average Bonchev–Trinajstić information content (AvgIpc) is 2.56. The molecule has 0 bridgehead atoms. The fraction of sp³-hybridized carbons (Fsp3) is 0.786. The molecular formula is C14H26N4. The van der Waals surface area contributed by atoms with E-state index in [1.54, 1.807) is 0 Å². The summed E-state index contributed by atoms with van der Waals surface area (Å²) in [6, 6.07) is 0.353. The Morgan fingerprint density at radius 1 is 1.44 bits per heavy atom. The Morgan fingerprint density at radius 2 is 2.11 bits per heavy atom. The van der Waals surface area contributed by atoms with Crippen LogP contribution in [0.2, 0.25) is 0 Å². The van der Waals surface area contributed by atoms with Gasteiger partial charge in [0.05, 0.1) is 11.4 Å². The zero-order valence-electron chi connectivity index (χ0n) is 12.1. The van der Waals surface area contributed by atoms with E-state index in [9.17, 15) is 0 Å². The monoisotopic (exact) mass is 250 g/mol. The summed E-state index contributed by atoms with van der Waals surface area (Å²) < 4.78 is 2.08. The van der Waals surface area contributed by atoms with Crippen molar-refractivity contribution in [2.45, 2.75) is 53.0 Å². The highest BCUT2D eigenvalue weighted by Gasteiger charge is 2.25. The third kappa shape index (κ3) is 2.33. The van der Waals surface area contributed by atoms with Gasteiger partial charge in [0.25, 0.3) is 0 Å². The first kappa shape index (κ1) is 13.2. The number of aryl methyl sites for hydroxylation is 1. The average molecular weight is 250 g/mol. The molecule has 0 amide bonds. The maximum Gasteiger partial charge on any atom is 0.150 e. The quantitative estimate of drug-likeness (QED) is 0.874. The van der Waals surface area contributed by atoms with Crippen LogP contribution in [-0.4, -0.2) is 22.9 Å². The van der Waals surface area contributed by atoms with Crippen LogP contribution < -0.4 is 10.6 Å². The summed E-state index contributed by atoms with van der Waals surface area (Å²) in [6.45, 7) is 10.6. The van der Waals surface area contributed by atoms with Gasteiger partial charge in [0.1, 0.15) is 0 Å². The van der Waals surface area contributed by atoms with Crippen molar-refractivity contribution in [3.8, 4) is 0 Å². The van der Waals surface area contributed by atoms with Crippen molar-refractivity contribution in [2.24, 2.45) is 5.92 Å². The van der Waals surface area contributed by atoms with Crippen molar-refractivity contribution in [2.75, 3.05) is 23.7 Å². The van der Waals surface area contributed by atoms with Gasteiger partial charge < -0.3 is 10.6 Å². The summed E-state index contributed by atoms with van der Waals surface area (Å²) in [7, 11) is 0. The number of nitrogens with zero attached hydrogens (tertiary/aromatic N) is 3. The molecule has 1 aliphatic carbocycles. The molecule has 0 atom stereocenters. The van der Waals surface area contributed by atoms with E-state index < -0.39 is 0 Å². The molecule has 102 valence electrons. The van der Waals surface area contributed by atoms with Crippen LogP contribution in [0, 0.1) is 12.8 Å². The molecule has 18 heavy (non-hydrogen) atoms. The topological polar surface area (TPSA) is 47.1 Å². The summed E-state index contributed by atoms with van der Waals surface area (Å²) in [4.78, 5) is 2.40. The fourth-order valence-corrected chi connectivity index (χ4v) is 2.58. The van der Waals surface area contributed by atoms with E-state index in [0.717, 1.165) is 36.2 Å². The summed E-state index contributed by atoms with van der Waals surface area (Å²) in [5.74, 6) is 1.97. The zero-order valence-corrected chi connectivity index (χ0v) is 12.1. The van der Waals surface area contributed by atoms with E-state index in [2.05, 4.69) is 35.5 Å². The fourth-order valence-electron chi connectivity index (χ4n) is 2.58. The Bertz CT molecular complexity index is 404. The van der Waals surface area contributed by atoms with E-state index >= 15 is 0 Å². The lowest BCUT2D eigenvalue weighted by atomic mass is 9.85. The predicted octanol–water partition coefficient (Wildman–Crippen LogP) is 2.98. The number of aromatic nitrogens is 2. The third-order valence-electron chi connectivity index (χ3n) is 3.98. The van der Waals surface area contributed by atoms with Gasteiger partial charge in [-0.3, -0.25) is 0 Å². The number of hydrogen-bond donors (Lipinski definition) is 1. The minimum Gasteiger partial charge on any atom is -0.394 e. The highest BCUT2D eigenvalue weighted by atomic mass is 15.4. The molecule has 0 saturated heterocycles. The molecule has 0 spiro atoms. The second-order valence-corrected chi connectivity index (χ2v) is 5.70. The Labute approximate surface area is 110 Å². The van der Waals surface area contributed by atoms with Crippen LogP contribution in [0.25, 0.3) is 0 Å². The van der Waals surface area contributed by atoms with Crippen LogP contribution in [0.1, 0.15) is 51.8 Å². The largest absolute Gasteiger partial charge is 0.394 e. The van der Waals surface area contributed by atoms with Gasteiger partial charge in [0.2, 0.25) is 0 Å². The number of nitrogens with two attached hydrogens (primary N) is 1. The molecule has 0 aromatic carbocycles. The van der Waals surface area contributed by atoms with Crippen LogP contribution >= 0.6 is 0 Å². The Hall–Kier alpha value is -1.19. The summed E-state index contributed by atoms with van der Waals surface area (Å²) >= 11 is 0. The van der Waals surface area contributed by atoms with Gasteiger partial charge in [0, 0.05) is 19.1 Å². The molecule has 1 aromatic heterocycles. The van der Waals surface area contributed by atoms with Crippen molar-refractivity contribution >= 4 is 11.5 Å². The summed E-state index contributed by atoms with van der Waals surface area (Å²) in [5.41, 5.74) is 8.03. The molecule has 1 heterocycles. The zero-order chi connectivity index (χ0) is 13.3. The van der Waals surface area contributed by atoms with Gasteiger partial charge in [-0.2, -0.15) is 5.10 Å². The highest BCUT2D eigenvalue weighted by molar-refractivity contribution is 5.66. The molecule has 2 rings (SSSR count). The molecule has 1 saturated carbocycles. The van der Waals surface area contributed by atoms with E-state index in [-0.39, 0.29) is 0 Å². The van der Waals surface area contributed by atoms with Gasteiger partial charge in [-0.15, -0.1) is 0 Å². The van der Waals surface area contributed by atoms with Crippen LogP contribution in [0.15, 0.2) is 0 Å². The second kappa shape index (κ2) is 5.21. The van der Waals surface area contributed by atoms with Crippen molar-refractivity contribution in [3.63, 3.8) is 0 Å². The highest BCUT2D eigenvalue weighted by Crippen LogP contribution is 2.33. The van der Waals surface area contributed by atoms with E-state index in [0.29, 0.717) is 6.04 Å². The van der Waals surface area contributed by atoms with Crippen LogP contribution in [0.5, 0.6) is 0 Å². The minimum atomic E-state index is 0.353. The van der Waals surface area contributed by atoms with Crippen LogP contribution in [-0.2, 0) is 0 Å². The Morgan fingerprint density at radius 3 is 2.56 bits per heavy atom. The van der Waals surface area contributed by atoms with Gasteiger partial charge in [0.15, 0.2) is 5.82 Å². The standard InChI is InChI=1S/C14H26N4/c1-5-17(9-12-7-6-8-12)14-13(15)11(4)16-18(14)10(2)3/h10,12H,5-9,15H2,1-4H3. The molecule has 2 N–H and O–H groups in total. The summed E-state index contributed by atoms with van der Waals surface area (Å²) in [5, 5.41) is 4.58. The predicted molar refractivity (Wildman–Crippen MR) is 77.0 cm³/mol. The van der Waals surface area contributed by atoms with Crippen molar-refractivity contribution in [1.29, 1.82) is 0 Å². The first-order valence-electron chi connectivity index (χ1n) is 7.14. The maximum atomic E-state index is 6.23. The minimum absolute atomic E-state index is 0.353. The lowest BCUT2D eigenvalue weighted by molar-refractivity contribution is 0.316. The second-order valence-electron chi connectivity index (χ2n) is 5.70. The number of rotatable bonds is 5. The van der Waals surface area contributed by atoms with Crippen molar-refractivity contribution in [3.05, 3.63) is 5.69 Å². The van der Waals surface area contributed by atoms with Crippen LogP contribution in [0.3, 0.4) is 0 Å². The number of anilines is 2. The summed E-state index contributed by atoms with van der Waals surface area (Å²) in [6.07, 6.45) is 4.12. The molecule has 4 nitrogen and oxygen atoms in total. The van der Waals surface area contributed by atoms with Crippen molar-refractivity contribution < 1.29 is 0 Å². The van der Waals surface area contributed by atoms with E-state index in [4.69, 9.17) is 5.73 Å². The lowest BCUT2D eigenvalue weighted by Crippen LogP contribution is -2.34. The first-order valence-corrected chi connectivity index (χ1v) is 7.14. The van der Waals surface area contributed by atoms with Gasteiger partial charge in [-0.05, 0) is 46.5 Å². The smallest absolute Gasteiger partial charge is 0.150 e. The van der Waals surface area contributed by atoms with Gasteiger partial charge >= 0.3 is 0 Å². The molecule has 1 aliphatic rings. The number of nitrogen functional groups attached to an aromatic ring is 1. The molecule has 4 heteroatoms. The normalized spacial score (nSPS) is 16.1. The number of hydrogen-bond acceptors (Lipinski definition) is 3. The Balaban J connectivity index is 2.27. The molecule has 0 unspecified atom stereocenters. The molecular weight excluding hydrogens is 224 g/mol. The lowest BCUT2D eigenvalue weighted by Gasteiger charge is -2.33. The molecule has 0 aliphatic heterocycles. The SMILES string of the molecule is CCN(CC1CCC1)c1c(N)c(C)nn1C(C)C. The van der Waals surface area contributed by atoms with Crippen molar-refractivity contribution in [1.82, 2.24) is 9.78 Å². The first-order chi connectivity index (χ1) is 8.54.